The van der Waals surface area contributed by atoms with E-state index in [1.54, 1.807) is 6.07 Å². The summed E-state index contributed by atoms with van der Waals surface area (Å²) >= 11 is 5.68. The van der Waals surface area contributed by atoms with Crippen molar-refractivity contribution in [3.8, 4) is 0 Å². The maximum Gasteiger partial charge on any atom is 0.328 e. The largest absolute Gasteiger partial charge is 0.451 e. The Hall–Kier alpha value is -2.94. The molecule has 0 aliphatic heterocycles. The lowest BCUT2D eigenvalue weighted by atomic mass is 10.3. The molecule has 2 aromatic rings. The van der Waals surface area contributed by atoms with Crippen molar-refractivity contribution in [3.05, 3.63) is 56.5 Å². The monoisotopic (exact) mass is 352 g/mol. The number of carbonyl (C=O) groups excluding carboxylic acids is 2. The number of halogens is 1. The number of hydrogen-bond acceptors (Lipinski definition) is 6. The van der Waals surface area contributed by atoms with Crippen LogP contribution in [-0.4, -0.2) is 32.5 Å². The minimum atomic E-state index is -1.10. The second-order valence-corrected chi connectivity index (χ2v) is 5.16. The number of anilines is 1. The molecule has 24 heavy (non-hydrogen) atoms. The van der Waals surface area contributed by atoms with Crippen molar-refractivity contribution >= 4 is 29.3 Å². The quantitative estimate of drug-likeness (QED) is 0.739. The summed E-state index contributed by atoms with van der Waals surface area (Å²) in [5.41, 5.74) is -1.32. The van der Waals surface area contributed by atoms with Gasteiger partial charge in [-0.05, 0) is 19.1 Å². The highest BCUT2D eigenvalue weighted by atomic mass is 35.5. The number of carbonyl (C=O) groups is 2. The SMILES string of the molecule is C[C@H](OC(=O)Cn1ccc(=O)[nH]c1=O)C(=O)Nc1ccc(Cl)cn1. The lowest BCUT2D eigenvalue weighted by Crippen LogP contribution is -2.35. The van der Waals surface area contributed by atoms with Crippen molar-refractivity contribution in [3.63, 3.8) is 0 Å². The summed E-state index contributed by atoms with van der Waals surface area (Å²) in [6.45, 7) is 0.936. The van der Waals surface area contributed by atoms with Gasteiger partial charge in [0.2, 0.25) is 0 Å². The van der Waals surface area contributed by atoms with Crippen LogP contribution in [0.25, 0.3) is 0 Å². The number of nitrogens with one attached hydrogen (secondary N) is 2. The molecule has 0 unspecified atom stereocenters. The first-order valence-corrected chi connectivity index (χ1v) is 7.14. The zero-order chi connectivity index (χ0) is 17.7. The summed E-state index contributed by atoms with van der Waals surface area (Å²) < 4.78 is 5.89. The number of aromatic nitrogens is 3. The summed E-state index contributed by atoms with van der Waals surface area (Å²) in [5.74, 6) is -1.15. The van der Waals surface area contributed by atoms with Gasteiger partial charge in [0, 0.05) is 18.5 Å². The number of hydrogen-bond donors (Lipinski definition) is 2. The predicted molar refractivity (Wildman–Crippen MR) is 84.8 cm³/mol. The standard InChI is InChI=1S/C14H13ClN4O5/c1-8(13(22)17-10-3-2-9(15)6-16-10)24-12(21)7-19-5-4-11(20)18-14(19)23/h2-6,8H,7H2,1H3,(H,16,17,22)(H,18,20,23)/t8-/m0/s1. The van der Waals surface area contributed by atoms with Gasteiger partial charge in [0.15, 0.2) is 6.10 Å². The van der Waals surface area contributed by atoms with Gasteiger partial charge >= 0.3 is 11.7 Å². The lowest BCUT2D eigenvalue weighted by Gasteiger charge is -2.13. The van der Waals surface area contributed by atoms with Gasteiger partial charge in [-0.2, -0.15) is 0 Å². The highest BCUT2D eigenvalue weighted by Crippen LogP contribution is 2.10. The fourth-order valence-electron chi connectivity index (χ4n) is 1.67. The van der Waals surface area contributed by atoms with Crippen LogP contribution >= 0.6 is 11.6 Å². The highest BCUT2D eigenvalue weighted by molar-refractivity contribution is 6.30. The van der Waals surface area contributed by atoms with Crippen LogP contribution in [0, 0.1) is 0 Å². The zero-order valence-corrected chi connectivity index (χ0v) is 13.2. The Morgan fingerprint density at radius 1 is 1.38 bits per heavy atom. The Morgan fingerprint density at radius 3 is 2.75 bits per heavy atom. The molecule has 0 aliphatic carbocycles. The first kappa shape index (κ1) is 17.4. The van der Waals surface area contributed by atoms with E-state index in [4.69, 9.17) is 16.3 Å². The van der Waals surface area contributed by atoms with Crippen molar-refractivity contribution in [2.24, 2.45) is 0 Å². The number of esters is 1. The summed E-state index contributed by atoms with van der Waals surface area (Å²) in [5, 5.41) is 2.87. The van der Waals surface area contributed by atoms with Gasteiger partial charge < -0.3 is 10.1 Å². The first-order valence-electron chi connectivity index (χ1n) is 6.77. The minimum absolute atomic E-state index is 0.254. The van der Waals surface area contributed by atoms with Crippen LogP contribution in [0.15, 0.2) is 40.2 Å². The fraction of sp³-hybridized carbons (Fsp3) is 0.214. The lowest BCUT2D eigenvalue weighted by molar-refractivity contribution is -0.153. The van der Waals surface area contributed by atoms with Crippen LogP contribution < -0.4 is 16.6 Å². The van der Waals surface area contributed by atoms with E-state index in [0.29, 0.717) is 5.02 Å². The molecule has 2 aromatic heterocycles. The van der Waals surface area contributed by atoms with Crippen LogP contribution in [0.3, 0.4) is 0 Å². The Bertz CT molecular complexity index is 858. The van der Waals surface area contributed by atoms with Gasteiger partial charge in [-0.15, -0.1) is 0 Å². The second kappa shape index (κ2) is 7.55. The van der Waals surface area contributed by atoms with E-state index in [9.17, 15) is 19.2 Å². The zero-order valence-electron chi connectivity index (χ0n) is 12.5. The smallest absolute Gasteiger partial charge is 0.328 e. The summed E-state index contributed by atoms with van der Waals surface area (Å²) in [4.78, 5) is 52.0. The van der Waals surface area contributed by atoms with E-state index in [0.717, 1.165) is 16.8 Å². The van der Waals surface area contributed by atoms with Gasteiger partial charge in [0.05, 0.1) is 5.02 Å². The third kappa shape index (κ3) is 4.78. The van der Waals surface area contributed by atoms with Crippen LogP contribution in [0.5, 0.6) is 0 Å². The molecule has 0 aliphatic rings. The number of amides is 1. The maximum atomic E-state index is 11.9. The number of rotatable bonds is 5. The van der Waals surface area contributed by atoms with Gasteiger partial charge in [0.25, 0.3) is 11.5 Å². The average molecular weight is 353 g/mol. The van der Waals surface area contributed by atoms with E-state index in [1.807, 2.05) is 4.98 Å². The van der Waals surface area contributed by atoms with E-state index < -0.39 is 35.8 Å². The van der Waals surface area contributed by atoms with Crippen molar-refractivity contribution in [1.29, 1.82) is 0 Å². The fourth-order valence-corrected chi connectivity index (χ4v) is 1.79. The van der Waals surface area contributed by atoms with Crippen molar-refractivity contribution in [2.75, 3.05) is 5.32 Å². The second-order valence-electron chi connectivity index (χ2n) is 4.72. The van der Waals surface area contributed by atoms with Crippen molar-refractivity contribution in [2.45, 2.75) is 19.6 Å². The third-order valence-corrected chi connectivity index (χ3v) is 3.08. The summed E-state index contributed by atoms with van der Waals surface area (Å²) in [6.07, 6.45) is 1.41. The predicted octanol–water partition coefficient (Wildman–Crippen LogP) is 0.155. The molecule has 9 nitrogen and oxygen atoms in total. The van der Waals surface area contributed by atoms with Gasteiger partial charge in [0.1, 0.15) is 12.4 Å². The molecule has 0 fully saturated rings. The van der Waals surface area contributed by atoms with E-state index in [2.05, 4.69) is 10.3 Å². The highest BCUT2D eigenvalue weighted by Gasteiger charge is 2.18. The number of nitrogens with zero attached hydrogens (tertiary/aromatic N) is 2. The Balaban J connectivity index is 1.92. The first-order chi connectivity index (χ1) is 11.3. The van der Waals surface area contributed by atoms with Crippen LogP contribution in [0.4, 0.5) is 5.82 Å². The van der Waals surface area contributed by atoms with Crippen molar-refractivity contribution < 1.29 is 14.3 Å². The Kier molecular flexibility index (Phi) is 5.48. The van der Waals surface area contributed by atoms with Crippen LogP contribution in [-0.2, 0) is 20.9 Å². The van der Waals surface area contributed by atoms with Crippen molar-refractivity contribution in [1.82, 2.24) is 14.5 Å². The molecule has 0 spiro atoms. The summed E-state index contributed by atoms with van der Waals surface area (Å²) in [7, 11) is 0. The molecule has 0 saturated carbocycles. The molecule has 0 radical (unpaired) electrons. The number of aromatic amines is 1. The third-order valence-electron chi connectivity index (χ3n) is 2.85. The molecule has 10 heteroatoms. The molecule has 0 saturated heterocycles. The number of ether oxygens (including phenoxy) is 1. The van der Waals surface area contributed by atoms with Crippen LogP contribution in [0.1, 0.15) is 6.92 Å². The van der Waals surface area contributed by atoms with Gasteiger partial charge in [-0.3, -0.25) is 23.9 Å². The molecule has 0 bridgehead atoms. The van der Waals surface area contributed by atoms with E-state index in [1.165, 1.54) is 19.2 Å². The average Bonchev–Trinajstić information content (AvgIpc) is 2.52. The van der Waals surface area contributed by atoms with E-state index >= 15 is 0 Å². The maximum absolute atomic E-state index is 11.9. The molecule has 1 atom stereocenters. The van der Waals surface area contributed by atoms with E-state index in [-0.39, 0.29) is 5.82 Å². The molecule has 1 amide bonds. The van der Waals surface area contributed by atoms with Crippen LogP contribution in [0.2, 0.25) is 5.02 Å². The summed E-state index contributed by atoms with van der Waals surface area (Å²) in [6, 6.07) is 4.13. The number of pyridine rings is 1. The normalized spacial score (nSPS) is 11.6. The molecule has 0 aromatic carbocycles. The molecule has 2 N–H and O–H groups in total. The molecule has 126 valence electrons. The molecule has 2 heterocycles. The molecular weight excluding hydrogens is 340 g/mol. The molecular formula is C14H13ClN4O5. The Labute approximate surface area is 140 Å². The number of H-pyrrole nitrogens is 1. The van der Waals surface area contributed by atoms with Gasteiger partial charge in [-0.1, -0.05) is 11.6 Å². The molecule has 2 rings (SSSR count). The topological polar surface area (TPSA) is 123 Å². The minimum Gasteiger partial charge on any atom is -0.451 e. The van der Waals surface area contributed by atoms with Gasteiger partial charge in [-0.25, -0.2) is 9.78 Å². The Morgan fingerprint density at radius 2 is 2.12 bits per heavy atom.